The quantitative estimate of drug-likeness (QED) is 0.825. The fourth-order valence-corrected chi connectivity index (χ4v) is 2.23. The van der Waals surface area contributed by atoms with Gasteiger partial charge in [-0.25, -0.2) is 4.39 Å². The van der Waals surface area contributed by atoms with Gasteiger partial charge in [-0.05, 0) is 41.9 Å². The van der Waals surface area contributed by atoms with Crippen molar-refractivity contribution in [1.29, 1.82) is 0 Å². The lowest BCUT2D eigenvalue weighted by atomic mass is 9.92. The third kappa shape index (κ3) is 2.78. The van der Waals surface area contributed by atoms with Crippen molar-refractivity contribution in [2.75, 3.05) is 6.54 Å². The summed E-state index contributed by atoms with van der Waals surface area (Å²) in [6.07, 6.45) is 2.59. The number of phenolic OH excluding ortho intramolecular Hbond substituents is 1. The minimum absolute atomic E-state index is 0.283. The zero-order valence-electron chi connectivity index (χ0n) is 10.5. The fraction of sp³-hybridized carbons (Fsp3) is 0.571. The molecule has 3 heteroatoms. The second-order valence-corrected chi connectivity index (χ2v) is 5.41. The predicted molar refractivity (Wildman–Crippen MR) is 66.3 cm³/mol. The molecular formula is C14H20FNO. The highest BCUT2D eigenvalue weighted by atomic mass is 19.1. The highest BCUT2D eigenvalue weighted by molar-refractivity contribution is 5.27. The summed E-state index contributed by atoms with van der Waals surface area (Å²) in [5, 5.41) is 12.5. The maximum Gasteiger partial charge on any atom is 0.165 e. The molecule has 1 saturated carbocycles. The second-order valence-electron chi connectivity index (χ2n) is 5.41. The molecule has 0 aliphatic heterocycles. The Balaban J connectivity index is 1.84. The van der Waals surface area contributed by atoms with Gasteiger partial charge in [-0.15, -0.1) is 0 Å². The molecule has 2 nitrogen and oxygen atoms in total. The smallest absolute Gasteiger partial charge is 0.165 e. The van der Waals surface area contributed by atoms with Crippen LogP contribution in [-0.4, -0.2) is 11.7 Å². The molecule has 0 amide bonds. The summed E-state index contributed by atoms with van der Waals surface area (Å²) in [7, 11) is 0. The number of benzene rings is 1. The summed E-state index contributed by atoms with van der Waals surface area (Å²) >= 11 is 0. The van der Waals surface area contributed by atoms with Crippen molar-refractivity contribution in [3.8, 4) is 5.75 Å². The normalized spacial score (nSPS) is 17.4. The molecule has 0 radical (unpaired) electrons. The Hall–Kier alpha value is -1.09. The molecule has 1 aromatic rings. The van der Waals surface area contributed by atoms with Crippen LogP contribution in [0.25, 0.3) is 0 Å². The van der Waals surface area contributed by atoms with E-state index in [0.29, 0.717) is 17.9 Å². The van der Waals surface area contributed by atoms with E-state index in [4.69, 9.17) is 5.11 Å². The molecule has 0 atom stereocenters. The largest absolute Gasteiger partial charge is 0.505 e. The lowest BCUT2D eigenvalue weighted by Gasteiger charge is -2.20. The van der Waals surface area contributed by atoms with Gasteiger partial charge in [-0.2, -0.15) is 0 Å². The van der Waals surface area contributed by atoms with Crippen molar-refractivity contribution in [2.45, 2.75) is 33.2 Å². The lowest BCUT2D eigenvalue weighted by molar-refractivity contribution is 0.337. The molecule has 0 unspecified atom stereocenters. The first-order chi connectivity index (χ1) is 8.03. The summed E-state index contributed by atoms with van der Waals surface area (Å²) in [4.78, 5) is 0. The van der Waals surface area contributed by atoms with Crippen LogP contribution in [0, 0.1) is 17.2 Å². The molecule has 1 aliphatic carbocycles. The predicted octanol–water partition coefficient (Wildman–Crippen LogP) is 3.06. The topological polar surface area (TPSA) is 32.3 Å². The fourth-order valence-electron chi connectivity index (χ4n) is 2.23. The van der Waals surface area contributed by atoms with Crippen molar-refractivity contribution in [3.05, 3.63) is 29.6 Å². The molecular weight excluding hydrogens is 217 g/mol. The Morgan fingerprint density at radius 3 is 2.65 bits per heavy atom. The number of nitrogens with one attached hydrogen (secondary N) is 1. The molecule has 1 fully saturated rings. The summed E-state index contributed by atoms with van der Waals surface area (Å²) in [5.41, 5.74) is 1.34. The van der Waals surface area contributed by atoms with E-state index in [-0.39, 0.29) is 5.75 Å². The number of hydrogen-bond acceptors (Lipinski definition) is 2. The monoisotopic (exact) mass is 237 g/mol. The molecule has 0 aromatic heterocycles. The standard InChI is InChI=1S/C14H20FNO/c1-10(2)14(5-6-14)9-16-8-11-3-4-13(17)12(15)7-11/h3-4,7,10,16-17H,5-6,8-9H2,1-2H3. The van der Waals surface area contributed by atoms with Gasteiger partial charge < -0.3 is 10.4 Å². The molecule has 0 spiro atoms. The van der Waals surface area contributed by atoms with Gasteiger partial charge >= 0.3 is 0 Å². The SMILES string of the molecule is CC(C)C1(CNCc2ccc(O)c(F)c2)CC1. The maximum atomic E-state index is 13.1. The number of aromatic hydroxyl groups is 1. The van der Waals surface area contributed by atoms with Gasteiger partial charge in [0.2, 0.25) is 0 Å². The molecule has 1 aromatic carbocycles. The van der Waals surface area contributed by atoms with Gasteiger partial charge in [0, 0.05) is 13.1 Å². The van der Waals surface area contributed by atoms with Crippen LogP contribution >= 0.6 is 0 Å². The molecule has 1 aliphatic rings. The first-order valence-corrected chi connectivity index (χ1v) is 6.22. The van der Waals surface area contributed by atoms with E-state index in [1.54, 1.807) is 6.07 Å². The average Bonchev–Trinajstić information content (AvgIpc) is 3.04. The lowest BCUT2D eigenvalue weighted by Crippen LogP contribution is -2.27. The Morgan fingerprint density at radius 1 is 1.41 bits per heavy atom. The van der Waals surface area contributed by atoms with Crippen LogP contribution in [0.3, 0.4) is 0 Å². The molecule has 0 heterocycles. The summed E-state index contributed by atoms with van der Waals surface area (Å²) < 4.78 is 13.1. The van der Waals surface area contributed by atoms with E-state index >= 15 is 0 Å². The highest BCUT2D eigenvalue weighted by Gasteiger charge is 2.44. The minimum atomic E-state index is -0.547. The Bertz CT molecular complexity index is 399. The Morgan fingerprint density at radius 2 is 2.12 bits per heavy atom. The van der Waals surface area contributed by atoms with Crippen LogP contribution in [0.15, 0.2) is 18.2 Å². The summed E-state index contributed by atoms with van der Waals surface area (Å²) in [6.45, 7) is 6.17. The van der Waals surface area contributed by atoms with Gasteiger partial charge in [0.1, 0.15) is 0 Å². The Kier molecular flexibility index (Phi) is 3.38. The molecule has 2 N–H and O–H groups in total. The second kappa shape index (κ2) is 4.65. The van der Waals surface area contributed by atoms with Crippen LogP contribution in [0.2, 0.25) is 0 Å². The molecule has 2 rings (SSSR count). The van der Waals surface area contributed by atoms with E-state index in [0.717, 1.165) is 12.1 Å². The zero-order chi connectivity index (χ0) is 12.5. The van der Waals surface area contributed by atoms with Crippen LogP contribution < -0.4 is 5.32 Å². The van der Waals surface area contributed by atoms with Crippen molar-refractivity contribution in [2.24, 2.45) is 11.3 Å². The van der Waals surface area contributed by atoms with Crippen LogP contribution in [0.1, 0.15) is 32.3 Å². The van der Waals surface area contributed by atoms with Crippen molar-refractivity contribution in [3.63, 3.8) is 0 Å². The van der Waals surface area contributed by atoms with E-state index in [2.05, 4.69) is 19.2 Å². The van der Waals surface area contributed by atoms with E-state index in [1.165, 1.54) is 25.0 Å². The van der Waals surface area contributed by atoms with Crippen LogP contribution in [0.5, 0.6) is 5.75 Å². The number of hydrogen-bond donors (Lipinski definition) is 2. The molecule has 94 valence electrons. The Labute approximate surface area is 102 Å². The number of rotatable bonds is 5. The van der Waals surface area contributed by atoms with Crippen molar-refractivity contribution < 1.29 is 9.50 Å². The first-order valence-electron chi connectivity index (χ1n) is 6.22. The molecule has 0 saturated heterocycles. The van der Waals surface area contributed by atoms with Gasteiger partial charge in [0.25, 0.3) is 0 Å². The molecule has 17 heavy (non-hydrogen) atoms. The van der Waals surface area contributed by atoms with Gasteiger partial charge in [-0.1, -0.05) is 19.9 Å². The molecule has 0 bridgehead atoms. The van der Waals surface area contributed by atoms with E-state index in [9.17, 15) is 4.39 Å². The summed E-state index contributed by atoms with van der Waals surface area (Å²) in [5.74, 6) is -0.129. The van der Waals surface area contributed by atoms with Crippen molar-refractivity contribution in [1.82, 2.24) is 5.32 Å². The third-order valence-electron chi connectivity index (χ3n) is 3.94. The third-order valence-corrected chi connectivity index (χ3v) is 3.94. The van der Waals surface area contributed by atoms with Crippen LogP contribution in [0.4, 0.5) is 4.39 Å². The number of phenols is 1. The summed E-state index contributed by atoms with van der Waals surface area (Å²) in [6, 6.07) is 4.54. The highest BCUT2D eigenvalue weighted by Crippen LogP contribution is 2.51. The van der Waals surface area contributed by atoms with E-state index in [1.807, 2.05) is 0 Å². The van der Waals surface area contributed by atoms with Gasteiger partial charge in [-0.3, -0.25) is 0 Å². The number of halogens is 1. The van der Waals surface area contributed by atoms with Gasteiger partial charge in [0.05, 0.1) is 0 Å². The first kappa shape index (κ1) is 12.4. The average molecular weight is 237 g/mol. The van der Waals surface area contributed by atoms with Crippen molar-refractivity contribution >= 4 is 0 Å². The zero-order valence-corrected chi connectivity index (χ0v) is 10.5. The maximum absolute atomic E-state index is 13.1. The van der Waals surface area contributed by atoms with E-state index < -0.39 is 5.82 Å². The van der Waals surface area contributed by atoms with Crippen LogP contribution in [-0.2, 0) is 6.54 Å². The minimum Gasteiger partial charge on any atom is -0.505 e. The van der Waals surface area contributed by atoms with Gasteiger partial charge in [0.15, 0.2) is 11.6 Å².